The molecule has 144 valence electrons. The Bertz CT molecular complexity index is 811. The molecule has 1 aliphatic rings. The van der Waals surface area contributed by atoms with Gasteiger partial charge in [0.05, 0.1) is 18.4 Å². The van der Waals surface area contributed by atoms with E-state index in [9.17, 15) is 4.79 Å². The quantitative estimate of drug-likeness (QED) is 0.543. The van der Waals surface area contributed by atoms with Crippen molar-refractivity contribution in [3.8, 4) is 6.07 Å². The van der Waals surface area contributed by atoms with Crippen molar-refractivity contribution in [3.05, 3.63) is 24.0 Å². The molecule has 7 heteroatoms. The topological polar surface area (TPSA) is 100 Å². The lowest BCUT2D eigenvalue weighted by atomic mass is 9.83. The van der Waals surface area contributed by atoms with E-state index in [1.54, 1.807) is 13.3 Å². The van der Waals surface area contributed by atoms with E-state index in [2.05, 4.69) is 21.4 Å². The number of anilines is 1. The summed E-state index contributed by atoms with van der Waals surface area (Å²) in [6.07, 6.45) is 9.28. The zero-order valence-electron chi connectivity index (χ0n) is 15.7. The SMILES string of the molecule is COCCOC(=O)c1cnc2[nH]ccc2c1N[C@@H]1CCC[C@H](CCC#N)C1. The Kier molecular flexibility index (Phi) is 6.66. The van der Waals surface area contributed by atoms with Crippen LogP contribution < -0.4 is 5.32 Å². The lowest BCUT2D eigenvalue weighted by Crippen LogP contribution is -2.28. The Labute approximate surface area is 159 Å². The van der Waals surface area contributed by atoms with Crippen molar-refractivity contribution in [1.29, 1.82) is 5.26 Å². The number of hydrogen-bond acceptors (Lipinski definition) is 6. The Hall–Kier alpha value is -2.59. The van der Waals surface area contributed by atoms with Gasteiger partial charge in [0.25, 0.3) is 0 Å². The molecular formula is C20H26N4O3. The maximum atomic E-state index is 12.5. The van der Waals surface area contributed by atoms with Crippen LogP contribution in [0, 0.1) is 17.2 Å². The normalized spacial score (nSPS) is 19.6. The molecule has 7 nitrogen and oxygen atoms in total. The Morgan fingerprint density at radius 2 is 2.33 bits per heavy atom. The number of aromatic amines is 1. The number of nitriles is 1. The van der Waals surface area contributed by atoms with E-state index in [1.807, 2.05) is 12.3 Å². The average Bonchev–Trinajstić information content (AvgIpc) is 3.16. The zero-order chi connectivity index (χ0) is 19.1. The van der Waals surface area contributed by atoms with Crippen LogP contribution in [0.5, 0.6) is 0 Å². The summed E-state index contributed by atoms with van der Waals surface area (Å²) in [7, 11) is 1.57. The van der Waals surface area contributed by atoms with Gasteiger partial charge in [0, 0.05) is 37.4 Å². The highest BCUT2D eigenvalue weighted by molar-refractivity contribution is 6.04. The summed E-state index contributed by atoms with van der Waals surface area (Å²) in [5.41, 5.74) is 1.95. The number of carbonyl (C=O) groups excluding carboxylic acids is 1. The van der Waals surface area contributed by atoms with Crippen LogP contribution in [-0.2, 0) is 9.47 Å². The minimum Gasteiger partial charge on any atom is -0.460 e. The number of hydrogen-bond donors (Lipinski definition) is 2. The van der Waals surface area contributed by atoms with Crippen LogP contribution in [0.2, 0.25) is 0 Å². The summed E-state index contributed by atoms with van der Waals surface area (Å²) in [5, 5.41) is 13.3. The first kappa shape index (κ1) is 19.2. The molecule has 1 aliphatic carbocycles. The maximum Gasteiger partial charge on any atom is 0.341 e. The van der Waals surface area contributed by atoms with E-state index in [4.69, 9.17) is 14.7 Å². The number of aromatic nitrogens is 2. The van der Waals surface area contributed by atoms with Crippen molar-refractivity contribution in [2.24, 2.45) is 5.92 Å². The van der Waals surface area contributed by atoms with Crippen LogP contribution in [0.15, 0.2) is 18.5 Å². The highest BCUT2D eigenvalue weighted by Crippen LogP contribution is 2.33. The molecule has 1 fully saturated rings. The van der Waals surface area contributed by atoms with E-state index < -0.39 is 5.97 Å². The number of nitrogens with zero attached hydrogens (tertiary/aromatic N) is 2. The van der Waals surface area contributed by atoms with E-state index in [-0.39, 0.29) is 12.6 Å². The zero-order valence-corrected chi connectivity index (χ0v) is 15.7. The second-order valence-electron chi connectivity index (χ2n) is 6.99. The molecule has 2 aromatic rings. The third kappa shape index (κ3) is 4.77. The first-order valence-corrected chi connectivity index (χ1v) is 9.48. The molecule has 2 aromatic heterocycles. The molecule has 0 unspecified atom stereocenters. The van der Waals surface area contributed by atoms with Gasteiger partial charge in [-0.25, -0.2) is 9.78 Å². The first-order chi connectivity index (χ1) is 13.2. The highest BCUT2D eigenvalue weighted by Gasteiger charge is 2.25. The first-order valence-electron chi connectivity index (χ1n) is 9.48. The minimum absolute atomic E-state index is 0.208. The van der Waals surface area contributed by atoms with Gasteiger partial charge in [-0.1, -0.05) is 12.8 Å². The number of carbonyl (C=O) groups is 1. The minimum atomic E-state index is -0.401. The van der Waals surface area contributed by atoms with Crippen LogP contribution in [0.25, 0.3) is 11.0 Å². The average molecular weight is 370 g/mol. The number of nitrogens with one attached hydrogen (secondary N) is 2. The number of esters is 1. The summed E-state index contributed by atoms with van der Waals surface area (Å²) < 4.78 is 10.3. The third-order valence-corrected chi connectivity index (χ3v) is 5.12. The van der Waals surface area contributed by atoms with Gasteiger partial charge in [0.2, 0.25) is 0 Å². The van der Waals surface area contributed by atoms with Crippen molar-refractivity contribution < 1.29 is 14.3 Å². The van der Waals surface area contributed by atoms with Crippen molar-refractivity contribution in [2.45, 2.75) is 44.6 Å². The molecule has 2 heterocycles. The third-order valence-electron chi connectivity index (χ3n) is 5.12. The smallest absolute Gasteiger partial charge is 0.341 e. The van der Waals surface area contributed by atoms with Gasteiger partial charge in [0.1, 0.15) is 17.8 Å². The molecule has 0 radical (unpaired) electrons. The van der Waals surface area contributed by atoms with Gasteiger partial charge in [-0.15, -0.1) is 0 Å². The van der Waals surface area contributed by atoms with Crippen molar-refractivity contribution in [1.82, 2.24) is 9.97 Å². The van der Waals surface area contributed by atoms with Crippen molar-refractivity contribution in [2.75, 3.05) is 25.6 Å². The fraction of sp³-hybridized carbons (Fsp3) is 0.550. The Morgan fingerprint density at radius 1 is 1.44 bits per heavy atom. The number of ether oxygens (including phenoxy) is 2. The molecule has 0 spiro atoms. The summed E-state index contributed by atoms with van der Waals surface area (Å²) >= 11 is 0. The van der Waals surface area contributed by atoms with E-state index >= 15 is 0 Å². The van der Waals surface area contributed by atoms with Gasteiger partial charge in [-0.2, -0.15) is 5.26 Å². The second-order valence-corrected chi connectivity index (χ2v) is 6.99. The number of pyridine rings is 1. The predicted molar refractivity (Wildman–Crippen MR) is 102 cm³/mol. The number of H-pyrrole nitrogens is 1. The molecule has 0 bridgehead atoms. The summed E-state index contributed by atoms with van der Waals surface area (Å²) in [5.74, 6) is 0.151. The van der Waals surface area contributed by atoms with Crippen molar-refractivity contribution >= 4 is 22.7 Å². The molecule has 3 rings (SSSR count). The maximum absolute atomic E-state index is 12.5. The number of fused-ring (bicyclic) bond motifs is 1. The van der Waals surface area contributed by atoms with E-state index in [0.29, 0.717) is 24.5 Å². The van der Waals surface area contributed by atoms with Gasteiger partial charge in [-0.05, 0) is 31.2 Å². The summed E-state index contributed by atoms with van der Waals surface area (Å²) in [6.45, 7) is 0.567. The predicted octanol–water partition coefficient (Wildman–Crippen LogP) is 3.64. The number of methoxy groups -OCH3 is 1. The van der Waals surface area contributed by atoms with Gasteiger partial charge >= 0.3 is 5.97 Å². The van der Waals surface area contributed by atoms with Crippen LogP contribution in [0.3, 0.4) is 0 Å². The van der Waals surface area contributed by atoms with E-state index in [0.717, 1.165) is 42.4 Å². The van der Waals surface area contributed by atoms with Gasteiger partial charge < -0.3 is 19.8 Å². The monoisotopic (exact) mass is 370 g/mol. The molecule has 0 aliphatic heterocycles. The second kappa shape index (κ2) is 9.38. The highest BCUT2D eigenvalue weighted by atomic mass is 16.6. The fourth-order valence-electron chi connectivity index (χ4n) is 3.77. The Morgan fingerprint density at radius 3 is 3.15 bits per heavy atom. The summed E-state index contributed by atoms with van der Waals surface area (Å²) in [6, 6.07) is 4.44. The van der Waals surface area contributed by atoms with E-state index in [1.165, 1.54) is 6.42 Å². The van der Waals surface area contributed by atoms with Crippen LogP contribution in [0.1, 0.15) is 48.9 Å². The van der Waals surface area contributed by atoms with Crippen LogP contribution in [0.4, 0.5) is 5.69 Å². The van der Waals surface area contributed by atoms with Crippen molar-refractivity contribution in [3.63, 3.8) is 0 Å². The van der Waals surface area contributed by atoms with Crippen LogP contribution >= 0.6 is 0 Å². The molecule has 0 aromatic carbocycles. The molecule has 2 N–H and O–H groups in total. The Balaban J connectivity index is 1.79. The molecule has 0 saturated heterocycles. The standard InChI is InChI=1S/C20H26N4O3/c1-26-10-11-27-20(25)17-13-23-19-16(7-9-22-19)18(17)24-15-6-2-4-14(12-15)5-3-8-21/h7,9,13-15H,2-6,10-12H2,1H3,(H2,22,23,24)/t14-,15-/m1/s1. The molecule has 1 saturated carbocycles. The fourth-order valence-corrected chi connectivity index (χ4v) is 3.77. The van der Waals surface area contributed by atoms with Gasteiger partial charge in [-0.3, -0.25) is 0 Å². The lowest BCUT2D eigenvalue weighted by molar-refractivity contribution is 0.0389. The number of rotatable bonds is 8. The molecule has 2 atom stereocenters. The molecule has 27 heavy (non-hydrogen) atoms. The van der Waals surface area contributed by atoms with Crippen LogP contribution in [-0.4, -0.2) is 42.3 Å². The summed E-state index contributed by atoms with van der Waals surface area (Å²) in [4.78, 5) is 20.0. The largest absolute Gasteiger partial charge is 0.460 e. The van der Waals surface area contributed by atoms with Gasteiger partial charge in [0.15, 0.2) is 0 Å². The molecular weight excluding hydrogens is 344 g/mol. The lowest BCUT2D eigenvalue weighted by Gasteiger charge is -2.30. The molecule has 0 amide bonds.